The van der Waals surface area contributed by atoms with E-state index < -0.39 is 0 Å². The fourth-order valence-corrected chi connectivity index (χ4v) is 2.73. The zero-order valence-electron chi connectivity index (χ0n) is 11.4. The van der Waals surface area contributed by atoms with Gasteiger partial charge in [-0.2, -0.15) is 0 Å². The van der Waals surface area contributed by atoms with Gasteiger partial charge in [0.15, 0.2) is 0 Å². The summed E-state index contributed by atoms with van der Waals surface area (Å²) in [6, 6.07) is 9.58. The predicted octanol–water partition coefficient (Wildman–Crippen LogP) is 4.80. The highest BCUT2D eigenvalue weighted by atomic mass is 14.9. The minimum atomic E-state index is 0.612. The molecule has 2 atom stereocenters. The van der Waals surface area contributed by atoms with E-state index >= 15 is 0 Å². The molecule has 1 nitrogen and oxygen atoms in total. The molecule has 17 heavy (non-hydrogen) atoms. The summed E-state index contributed by atoms with van der Waals surface area (Å²) in [5.41, 5.74) is 2.73. The molecule has 0 aliphatic heterocycles. The van der Waals surface area contributed by atoms with E-state index in [4.69, 9.17) is 0 Å². The van der Waals surface area contributed by atoms with Crippen LogP contribution in [0.1, 0.15) is 57.9 Å². The van der Waals surface area contributed by atoms with Crippen LogP contribution in [0, 0.1) is 5.92 Å². The van der Waals surface area contributed by atoms with Gasteiger partial charge in [0, 0.05) is 11.7 Å². The van der Waals surface area contributed by atoms with Crippen LogP contribution >= 0.6 is 0 Å². The summed E-state index contributed by atoms with van der Waals surface area (Å²) in [6.07, 6.45) is 5.49. The Hall–Kier alpha value is -0.980. The maximum absolute atomic E-state index is 3.73. The summed E-state index contributed by atoms with van der Waals surface area (Å²) >= 11 is 0. The first-order valence-electron chi connectivity index (χ1n) is 7.03. The van der Waals surface area contributed by atoms with Crippen molar-refractivity contribution in [2.75, 3.05) is 5.32 Å². The molecule has 0 saturated heterocycles. The normalized spacial score (nSPS) is 24.9. The average Bonchev–Trinajstić information content (AvgIpc) is 2.32. The number of hydrogen-bond acceptors (Lipinski definition) is 1. The predicted molar refractivity (Wildman–Crippen MR) is 75.6 cm³/mol. The Morgan fingerprint density at radius 1 is 1.18 bits per heavy atom. The van der Waals surface area contributed by atoms with Crippen LogP contribution in [0.15, 0.2) is 24.3 Å². The van der Waals surface area contributed by atoms with E-state index in [9.17, 15) is 0 Å². The standard InChI is InChI=1S/C16H25N/c1-12(2)14-8-6-9-15(11-14)17-16-10-5-4-7-13(16)3/h6,8-9,11-13,16-17H,4-5,7,10H2,1-3H3. The van der Waals surface area contributed by atoms with Crippen LogP contribution in [0.2, 0.25) is 0 Å². The largest absolute Gasteiger partial charge is 0.382 e. The molecule has 1 aromatic rings. The molecule has 0 heterocycles. The van der Waals surface area contributed by atoms with Crippen molar-refractivity contribution in [3.63, 3.8) is 0 Å². The molecule has 1 saturated carbocycles. The first-order chi connectivity index (χ1) is 8.16. The third-order valence-electron chi connectivity index (χ3n) is 4.02. The van der Waals surface area contributed by atoms with Crippen molar-refractivity contribution in [2.45, 2.75) is 58.4 Å². The van der Waals surface area contributed by atoms with Gasteiger partial charge in [0.2, 0.25) is 0 Å². The molecule has 1 aliphatic carbocycles. The third-order valence-corrected chi connectivity index (χ3v) is 4.02. The second-order valence-corrected chi connectivity index (χ2v) is 5.79. The zero-order chi connectivity index (χ0) is 12.3. The van der Waals surface area contributed by atoms with Gasteiger partial charge in [-0.25, -0.2) is 0 Å². The second kappa shape index (κ2) is 5.57. The molecule has 1 aromatic carbocycles. The van der Waals surface area contributed by atoms with E-state index in [0.717, 1.165) is 5.92 Å². The molecule has 94 valence electrons. The van der Waals surface area contributed by atoms with E-state index in [1.165, 1.54) is 36.9 Å². The number of nitrogens with one attached hydrogen (secondary N) is 1. The van der Waals surface area contributed by atoms with E-state index in [2.05, 4.69) is 50.4 Å². The fourth-order valence-electron chi connectivity index (χ4n) is 2.73. The summed E-state index contributed by atoms with van der Waals surface area (Å²) in [6.45, 7) is 6.88. The van der Waals surface area contributed by atoms with Crippen LogP contribution < -0.4 is 5.32 Å². The van der Waals surface area contributed by atoms with Crippen LogP contribution in [0.4, 0.5) is 5.69 Å². The van der Waals surface area contributed by atoms with Crippen molar-refractivity contribution in [1.29, 1.82) is 0 Å². The molecule has 1 N–H and O–H groups in total. The van der Waals surface area contributed by atoms with Crippen molar-refractivity contribution >= 4 is 5.69 Å². The lowest BCUT2D eigenvalue weighted by atomic mass is 9.86. The first-order valence-corrected chi connectivity index (χ1v) is 7.03. The Labute approximate surface area is 106 Å². The van der Waals surface area contributed by atoms with Crippen molar-refractivity contribution in [2.24, 2.45) is 5.92 Å². The highest BCUT2D eigenvalue weighted by molar-refractivity contribution is 5.47. The lowest BCUT2D eigenvalue weighted by molar-refractivity contribution is 0.349. The van der Waals surface area contributed by atoms with E-state index in [1.807, 2.05) is 0 Å². The minimum Gasteiger partial charge on any atom is -0.382 e. The number of anilines is 1. The van der Waals surface area contributed by atoms with E-state index in [0.29, 0.717) is 12.0 Å². The summed E-state index contributed by atoms with van der Waals surface area (Å²) in [5, 5.41) is 3.73. The number of rotatable bonds is 3. The molecule has 0 spiro atoms. The molecule has 2 rings (SSSR count). The van der Waals surface area contributed by atoms with Crippen LogP contribution in [-0.2, 0) is 0 Å². The van der Waals surface area contributed by atoms with E-state index in [1.54, 1.807) is 0 Å². The molecule has 1 heteroatoms. The lowest BCUT2D eigenvalue weighted by Crippen LogP contribution is -2.30. The Bertz CT molecular complexity index is 356. The second-order valence-electron chi connectivity index (χ2n) is 5.79. The summed E-state index contributed by atoms with van der Waals surface area (Å²) in [5.74, 6) is 1.42. The quantitative estimate of drug-likeness (QED) is 0.788. The number of hydrogen-bond donors (Lipinski definition) is 1. The lowest BCUT2D eigenvalue weighted by Gasteiger charge is -2.30. The van der Waals surface area contributed by atoms with E-state index in [-0.39, 0.29) is 0 Å². The molecule has 0 aromatic heterocycles. The molecule has 1 aliphatic rings. The Kier molecular flexibility index (Phi) is 4.09. The van der Waals surface area contributed by atoms with Gasteiger partial charge in [-0.3, -0.25) is 0 Å². The van der Waals surface area contributed by atoms with Gasteiger partial charge in [0.05, 0.1) is 0 Å². The molecule has 2 unspecified atom stereocenters. The topological polar surface area (TPSA) is 12.0 Å². The molecule has 1 fully saturated rings. The number of benzene rings is 1. The van der Waals surface area contributed by atoms with Crippen LogP contribution in [0.3, 0.4) is 0 Å². The zero-order valence-corrected chi connectivity index (χ0v) is 11.4. The SMILES string of the molecule is CC(C)c1cccc(NC2CCCCC2C)c1. The van der Waals surface area contributed by atoms with Crippen LogP contribution in [0.25, 0.3) is 0 Å². The molecule has 0 radical (unpaired) electrons. The Balaban J connectivity index is 2.04. The molecular formula is C16H25N. The highest BCUT2D eigenvalue weighted by Gasteiger charge is 2.20. The van der Waals surface area contributed by atoms with Gasteiger partial charge in [-0.1, -0.05) is 45.7 Å². The molecular weight excluding hydrogens is 206 g/mol. The van der Waals surface area contributed by atoms with Gasteiger partial charge in [-0.15, -0.1) is 0 Å². The Morgan fingerprint density at radius 3 is 2.65 bits per heavy atom. The van der Waals surface area contributed by atoms with Crippen molar-refractivity contribution in [3.8, 4) is 0 Å². The van der Waals surface area contributed by atoms with Gasteiger partial charge in [-0.05, 0) is 42.4 Å². The van der Waals surface area contributed by atoms with Crippen LogP contribution in [0.5, 0.6) is 0 Å². The third kappa shape index (κ3) is 3.24. The van der Waals surface area contributed by atoms with Crippen molar-refractivity contribution in [3.05, 3.63) is 29.8 Å². The Morgan fingerprint density at radius 2 is 1.94 bits per heavy atom. The molecule has 0 bridgehead atoms. The fraction of sp³-hybridized carbons (Fsp3) is 0.625. The molecule has 0 amide bonds. The highest BCUT2D eigenvalue weighted by Crippen LogP contribution is 2.27. The van der Waals surface area contributed by atoms with Crippen molar-refractivity contribution < 1.29 is 0 Å². The van der Waals surface area contributed by atoms with Gasteiger partial charge < -0.3 is 5.32 Å². The van der Waals surface area contributed by atoms with Gasteiger partial charge >= 0.3 is 0 Å². The van der Waals surface area contributed by atoms with Gasteiger partial charge in [0.1, 0.15) is 0 Å². The monoisotopic (exact) mass is 231 g/mol. The summed E-state index contributed by atoms with van der Waals surface area (Å²) < 4.78 is 0. The summed E-state index contributed by atoms with van der Waals surface area (Å²) in [7, 11) is 0. The summed E-state index contributed by atoms with van der Waals surface area (Å²) in [4.78, 5) is 0. The smallest absolute Gasteiger partial charge is 0.0345 e. The van der Waals surface area contributed by atoms with Crippen molar-refractivity contribution in [1.82, 2.24) is 0 Å². The first kappa shape index (κ1) is 12.5. The van der Waals surface area contributed by atoms with Crippen LogP contribution in [-0.4, -0.2) is 6.04 Å². The maximum Gasteiger partial charge on any atom is 0.0345 e. The van der Waals surface area contributed by atoms with Gasteiger partial charge in [0.25, 0.3) is 0 Å². The minimum absolute atomic E-state index is 0.612. The maximum atomic E-state index is 3.73. The average molecular weight is 231 g/mol.